The lowest BCUT2D eigenvalue weighted by Gasteiger charge is -2.32. The van der Waals surface area contributed by atoms with Gasteiger partial charge < -0.3 is 0 Å². The maximum atomic E-state index is 2.86. The fourth-order valence-corrected chi connectivity index (χ4v) is 3.90. The molecule has 1 aliphatic carbocycles. The molecule has 2 heterocycles. The average molecular weight is 179 g/mol. The highest BCUT2D eigenvalue weighted by molar-refractivity contribution is 4.91. The molecular weight excluding hydrogens is 158 g/mol. The molecule has 2 aliphatic heterocycles. The number of fused-ring (bicyclic) bond motifs is 4. The molecule has 2 bridgehead atoms. The second-order valence-corrected chi connectivity index (χ2v) is 5.30. The quantitative estimate of drug-likeness (QED) is 0.552. The Morgan fingerprint density at radius 1 is 0.769 bits per heavy atom. The standard InChI is InChI=1S/C12H21N/c1-3-10-6-7-12(9-10)13-8-2-5-11(13)4-1/h10-12H,1-9H2. The van der Waals surface area contributed by atoms with E-state index in [1.807, 2.05) is 0 Å². The molecule has 0 radical (unpaired) electrons. The summed E-state index contributed by atoms with van der Waals surface area (Å²) < 4.78 is 0. The van der Waals surface area contributed by atoms with Crippen LogP contribution >= 0.6 is 0 Å². The maximum Gasteiger partial charge on any atom is 0.0101 e. The van der Waals surface area contributed by atoms with Crippen LogP contribution in [0.1, 0.15) is 51.4 Å². The van der Waals surface area contributed by atoms with Crippen molar-refractivity contribution in [3.63, 3.8) is 0 Å². The topological polar surface area (TPSA) is 3.24 Å². The second kappa shape index (κ2) is 3.27. The van der Waals surface area contributed by atoms with Gasteiger partial charge in [-0.1, -0.05) is 12.8 Å². The molecule has 3 rings (SSSR count). The summed E-state index contributed by atoms with van der Waals surface area (Å²) in [5.41, 5.74) is 0. The molecule has 0 aromatic rings. The van der Waals surface area contributed by atoms with Crippen LogP contribution in [0.4, 0.5) is 0 Å². The van der Waals surface area contributed by atoms with Crippen molar-refractivity contribution in [2.24, 2.45) is 5.92 Å². The van der Waals surface area contributed by atoms with Gasteiger partial charge in [0.1, 0.15) is 0 Å². The highest BCUT2D eigenvalue weighted by Crippen LogP contribution is 2.39. The minimum Gasteiger partial charge on any atom is -0.297 e. The van der Waals surface area contributed by atoms with Crippen LogP contribution in [0, 0.1) is 5.92 Å². The average Bonchev–Trinajstić information content (AvgIpc) is 2.66. The SMILES string of the molecule is C1CC2CCC(C2)N2CCCC2C1. The van der Waals surface area contributed by atoms with Crippen molar-refractivity contribution in [2.45, 2.75) is 63.5 Å². The molecule has 3 unspecified atom stereocenters. The van der Waals surface area contributed by atoms with E-state index in [1.54, 1.807) is 6.42 Å². The minimum atomic E-state index is 0.990. The molecule has 74 valence electrons. The second-order valence-electron chi connectivity index (χ2n) is 5.30. The van der Waals surface area contributed by atoms with E-state index in [2.05, 4.69) is 4.90 Å². The smallest absolute Gasteiger partial charge is 0.0101 e. The molecule has 1 heteroatoms. The number of rotatable bonds is 0. The molecule has 3 fully saturated rings. The molecule has 0 aromatic heterocycles. The van der Waals surface area contributed by atoms with E-state index in [1.165, 1.54) is 51.5 Å². The van der Waals surface area contributed by atoms with Gasteiger partial charge in [0.25, 0.3) is 0 Å². The van der Waals surface area contributed by atoms with Crippen molar-refractivity contribution < 1.29 is 0 Å². The zero-order chi connectivity index (χ0) is 8.67. The summed E-state index contributed by atoms with van der Waals surface area (Å²) in [6, 6.07) is 1.99. The first-order chi connectivity index (χ1) is 6.43. The van der Waals surface area contributed by atoms with E-state index in [0.717, 1.165) is 18.0 Å². The molecule has 0 N–H and O–H groups in total. The van der Waals surface area contributed by atoms with Crippen molar-refractivity contribution in [2.75, 3.05) is 6.54 Å². The lowest BCUT2D eigenvalue weighted by molar-refractivity contribution is 0.156. The highest BCUT2D eigenvalue weighted by atomic mass is 15.2. The van der Waals surface area contributed by atoms with Crippen LogP contribution in [0.2, 0.25) is 0 Å². The van der Waals surface area contributed by atoms with Gasteiger partial charge in [0.15, 0.2) is 0 Å². The van der Waals surface area contributed by atoms with Gasteiger partial charge in [-0.15, -0.1) is 0 Å². The summed E-state index contributed by atoms with van der Waals surface area (Å²) in [6.45, 7) is 1.42. The van der Waals surface area contributed by atoms with Gasteiger partial charge in [0.2, 0.25) is 0 Å². The van der Waals surface area contributed by atoms with E-state index in [0.29, 0.717) is 0 Å². The Morgan fingerprint density at radius 2 is 1.69 bits per heavy atom. The predicted molar refractivity (Wildman–Crippen MR) is 54.7 cm³/mol. The van der Waals surface area contributed by atoms with Crippen molar-refractivity contribution >= 4 is 0 Å². The summed E-state index contributed by atoms with van der Waals surface area (Å²) in [7, 11) is 0. The highest BCUT2D eigenvalue weighted by Gasteiger charge is 2.36. The Balaban J connectivity index is 1.78. The Kier molecular flexibility index (Phi) is 2.08. The molecule has 2 saturated heterocycles. The predicted octanol–water partition coefficient (Wildman–Crippen LogP) is 2.80. The first-order valence-corrected chi connectivity index (χ1v) is 6.19. The molecule has 0 aromatic carbocycles. The molecule has 1 nitrogen and oxygen atoms in total. The van der Waals surface area contributed by atoms with Crippen LogP contribution in [0.5, 0.6) is 0 Å². The van der Waals surface area contributed by atoms with Gasteiger partial charge in [0, 0.05) is 12.1 Å². The third kappa shape index (κ3) is 1.41. The minimum absolute atomic E-state index is 0.990. The van der Waals surface area contributed by atoms with Gasteiger partial charge in [0.05, 0.1) is 0 Å². The van der Waals surface area contributed by atoms with Crippen molar-refractivity contribution in [1.82, 2.24) is 4.90 Å². The monoisotopic (exact) mass is 179 g/mol. The third-order valence-electron chi connectivity index (χ3n) is 4.55. The van der Waals surface area contributed by atoms with Gasteiger partial charge in [-0.2, -0.15) is 0 Å². The van der Waals surface area contributed by atoms with Crippen LogP contribution in [0.15, 0.2) is 0 Å². The van der Waals surface area contributed by atoms with Gasteiger partial charge in [-0.25, -0.2) is 0 Å². The summed E-state index contributed by atoms with van der Waals surface area (Å²) in [5, 5.41) is 0. The van der Waals surface area contributed by atoms with E-state index >= 15 is 0 Å². The molecule has 1 saturated carbocycles. The summed E-state index contributed by atoms with van der Waals surface area (Å²) >= 11 is 0. The summed E-state index contributed by atoms with van der Waals surface area (Å²) in [6.07, 6.45) is 12.1. The molecular formula is C12H21N. The van der Waals surface area contributed by atoms with Crippen molar-refractivity contribution in [1.29, 1.82) is 0 Å². The Labute approximate surface area is 81.5 Å². The Hall–Kier alpha value is -0.0400. The van der Waals surface area contributed by atoms with Crippen molar-refractivity contribution in [3.05, 3.63) is 0 Å². The van der Waals surface area contributed by atoms with E-state index in [4.69, 9.17) is 0 Å². The van der Waals surface area contributed by atoms with Crippen LogP contribution in [0.3, 0.4) is 0 Å². The van der Waals surface area contributed by atoms with Crippen LogP contribution in [0.25, 0.3) is 0 Å². The van der Waals surface area contributed by atoms with Gasteiger partial charge in [-0.3, -0.25) is 4.90 Å². The van der Waals surface area contributed by atoms with Gasteiger partial charge in [-0.05, 0) is 51.0 Å². The maximum absolute atomic E-state index is 2.86. The first-order valence-electron chi connectivity index (χ1n) is 6.19. The van der Waals surface area contributed by atoms with Gasteiger partial charge >= 0.3 is 0 Å². The molecule has 3 atom stereocenters. The lowest BCUT2D eigenvalue weighted by atomic mass is 9.95. The fourth-order valence-electron chi connectivity index (χ4n) is 3.90. The Bertz CT molecular complexity index is 190. The van der Waals surface area contributed by atoms with Crippen LogP contribution in [-0.2, 0) is 0 Å². The summed E-state index contributed by atoms with van der Waals surface area (Å²) in [4.78, 5) is 2.86. The van der Waals surface area contributed by atoms with E-state index in [9.17, 15) is 0 Å². The Morgan fingerprint density at radius 3 is 2.69 bits per heavy atom. The van der Waals surface area contributed by atoms with E-state index < -0.39 is 0 Å². The van der Waals surface area contributed by atoms with Crippen LogP contribution in [-0.4, -0.2) is 23.5 Å². The summed E-state index contributed by atoms with van der Waals surface area (Å²) in [5.74, 6) is 1.10. The molecule has 0 amide bonds. The largest absolute Gasteiger partial charge is 0.297 e. The fraction of sp³-hybridized carbons (Fsp3) is 1.00. The molecule has 13 heavy (non-hydrogen) atoms. The normalized spacial score (nSPS) is 45.7. The third-order valence-corrected chi connectivity index (χ3v) is 4.55. The van der Waals surface area contributed by atoms with E-state index in [-0.39, 0.29) is 0 Å². The molecule has 0 spiro atoms. The number of nitrogens with zero attached hydrogens (tertiary/aromatic N) is 1. The zero-order valence-electron chi connectivity index (χ0n) is 8.54. The lowest BCUT2D eigenvalue weighted by Crippen LogP contribution is -2.38. The molecule has 3 aliphatic rings. The zero-order valence-corrected chi connectivity index (χ0v) is 8.54. The number of hydrogen-bond donors (Lipinski definition) is 0. The first kappa shape index (κ1) is 8.28. The van der Waals surface area contributed by atoms with Crippen LogP contribution < -0.4 is 0 Å². The number of hydrogen-bond acceptors (Lipinski definition) is 1. The van der Waals surface area contributed by atoms with Crippen molar-refractivity contribution in [3.8, 4) is 0 Å².